The zero-order chi connectivity index (χ0) is 30.2. The van der Waals surface area contributed by atoms with Gasteiger partial charge in [-0.05, 0) is 100 Å². The maximum absolute atomic E-state index is 13.9. The van der Waals surface area contributed by atoms with Crippen LogP contribution in [0.25, 0.3) is 11.6 Å². The quantitative estimate of drug-likeness (QED) is 0.149. The van der Waals surface area contributed by atoms with Crippen LogP contribution in [0.4, 0.5) is 10.1 Å². The second kappa shape index (κ2) is 14.7. The van der Waals surface area contributed by atoms with E-state index in [-0.39, 0.29) is 11.7 Å². The van der Waals surface area contributed by atoms with Crippen molar-refractivity contribution >= 4 is 41.4 Å². The van der Waals surface area contributed by atoms with Gasteiger partial charge in [-0.15, -0.1) is 11.8 Å². The highest BCUT2D eigenvalue weighted by Crippen LogP contribution is 2.37. The number of carbonyl (C=O) groups excluding carboxylic acids is 2. The molecule has 2 aliphatic rings. The van der Waals surface area contributed by atoms with Crippen molar-refractivity contribution in [1.29, 1.82) is 0 Å². The van der Waals surface area contributed by atoms with Gasteiger partial charge >= 0.3 is 0 Å². The van der Waals surface area contributed by atoms with Crippen molar-refractivity contribution in [2.24, 2.45) is 0 Å². The molecule has 3 aromatic rings. The molecule has 3 heterocycles. The Bertz CT molecular complexity index is 1430. The minimum atomic E-state index is -0.193. The number of aromatic nitrogens is 1. The third kappa shape index (κ3) is 7.53. The lowest BCUT2D eigenvalue weighted by Gasteiger charge is -2.27. The summed E-state index contributed by atoms with van der Waals surface area (Å²) in [4.78, 5) is 32.0. The number of nitrogens with zero attached hydrogens (tertiary/aromatic N) is 2. The molecule has 8 heteroatoms. The van der Waals surface area contributed by atoms with Crippen molar-refractivity contribution < 1.29 is 14.0 Å². The van der Waals surface area contributed by atoms with Gasteiger partial charge in [0, 0.05) is 52.4 Å². The zero-order valence-electron chi connectivity index (χ0n) is 25.4. The summed E-state index contributed by atoms with van der Waals surface area (Å²) in [6, 6.07) is 13.2. The van der Waals surface area contributed by atoms with E-state index in [1.54, 1.807) is 23.9 Å². The van der Waals surface area contributed by atoms with Crippen LogP contribution in [0, 0.1) is 26.6 Å². The summed E-state index contributed by atoms with van der Waals surface area (Å²) >= 11 is 1.56. The molecule has 1 atom stereocenters. The molecule has 2 aromatic carbocycles. The Morgan fingerprint density at radius 1 is 1.12 bits per heavy atom. The number of fused-ring (bicyclic) bond motifs is 1. The standard InChI is InChI=1S/C23H21FN2OS.C11H22N2O/c1-13-14(2)22(25-15(13)3)11-19-18-10-17(8-9-21(18)26-23(19)27)28-12-16-6-4-5-7-20(16)24;1-3-7-12(4-2)9-11-6-5-8-13(11)10-14/h4-11,25H,12H2,1-3H3,(H,26,27);10-11H,3-9H2,1-2H3/b19-11-;. The maximum atomic E-state index is 13.9. The Labute approximate surface area is 253 Å². The number of anilines is 1. The molecule has 1 saturated heterocycles. The van der Waals surface area contributed by atoms with Crippen LogP contribution < -0.4 is 5.32 Å². The lowest BCUT2D eigenvalue weighted by Crippen LogP contribution is -2.40. The molecular formula is C34H43FN4O2S. The van der Waals surface area contributed by atoms with Gasteiger partial charge in [0.1, 0.15) is 5.82 Å². The number of likely N-dealkylation sites (N-methyl/N-ethyl adjacent to an activating group) is 1. The van der Waals surface area contributed by atoms with Gasteiger partial charge in [0.05, 0.1) is 5.57 Å². The highest BCUT2D eigenvalue weighted by molar-refractivity contribution is 7.98. The van der Waals surface area contributed by atoms with Crippen molar-refractivity contribution in [3.8, 4) is 0 Å². The van der Waals surface area contributed by atoms with E-state index in [9.17, 15) is 14.0 Å². The van der Waals surface area contributed by atoms with Crippen LogP contribution in [-0.4, -0.2) is 59.3 Å². The number of nitrogens with one attached hydrogen (secondary N) is 2. The van der Waals surface area contributed by atoms with Crippen LogP contribution in [0.3, 0.4) is 0 Å². The summed E-state index contributed by atoms with van der Waals surface area (Å²) in [5.74, 6) is 0.247. The SMILES string of the molecule is CCCN(CC)CC1CCCN1C=O.Cc1[nH]c(/C=C2\C(=O)Nc3ccc(SCc4ccccc4F)cc32)c(C)c1C. The second-order valence-corrected chi connectivity index (χ2v) is 12.1. The number of rotatable bonds is 10. The number of H-pyrrole nitrogens is 1. The summed E-state index contributed by atoms with van der Waals surface area (Å²) in [6.45, 7) is 14.8. The molecule has 2 amide bonds. The van der Waals surface area contributed by atoms with E-state index in [0.717, 1.165) is 65.7 Å². The summed E-state index contributed by atoms with van der Waals surface area (Å²) in [7, 11) is 0. The first-order chi connectivity index (χ1) is 20.2. The van der Waals surface area contributed by atoms with E-state index in [4.69, 9.17) is 0 Å². The first-order valence-electron chi connectivity index (χ1n) is 14.9. The van der Waals surface area contributed by atoms with Crippen molar-refractivity contribution in [3.63, 3.8) is 0 Å². The molecule has 0 spiro atoms. The van der Waals surface area contributed by atoms with Gasteiger partial charge in [0.2, 0.25) is 6.41 Å². The number of carbonyl (C=O) groups is 2. The van der Waals surface area contributed by atoms with Crippen LogP contribution >= 0.6 is 11.8 Å². The van der Waals surface area contributed by atoms with E-state index in [1.807, 2.05) is 42.2 Å². The van der Waals surface area contributed by atoms with Crippen LogP contribution in [0.2, 0.25) is 0 Å². The number of hydrogen-bond acceptors (Lipinski definition) is 4. The molecule has 0 bridgehead atoms. The molecule has 0 radical (unpaired) electrons. The van der Waals surface area contributed by atoms with Gasteiger partial charge in [0.25, 0.3) is 5.91 Å². The van der Waals surface area contributed by atoms with E-state index < -0.39 is 0 Å². The molecule has 224 valence electrons. The maximum Gasteiger partial charge on any atom is 0.256 e. The normalized spacial score (nSPS) is 16.9. The smallest absolute Gasteiger partial charge is 0.256 e. The molecule has 1 aromatic heterocycles. The highest BCUT2D eigenvalue weighted by Gasteiger charge is 2.26. The van der Waals surface area contributed by atoms with Crippen LogP contribution in [-0.2, 0) is 15.3 Å². The van der Waals surface area contributed by atoms with Crippen molar-refractivity contribution in [1.82, 2.24) is 14.8 Å². The van der Waals surface area contributed by atoms with Crippen molar-refractivity contribution in [2.75, 3.05) is 31.5 Å². The fourth-order valence-corrected chi connectivity index (χ4v) is 6.45. The number of aromatic amines is 1. The largest absolute Gasteiger partial charge is 0.359 e. The zero-order valence-corrected chi connectivity index (χ0v) is 26.2. The predicted molar refractivity (Wildman–Crippen MR) is 172 cm³/mol. The molecule has 1 fully saturated rings. The van der Waals surface area contributed by atoms with Crippen molar-refractivity contribution in [3.05, 3.63) is 81.9 Å². The summed E-state index contributed by atoms with van der Waals surface area (Å²) in [6.07, 6.45) is 6.48. The van der Waals surface area contributed by atoms with Crippen LogP contribution in [0.1, 0.15) is 66.8 Å². The molecule has 42 heavy (non-hydrogen) atoms. The number of thioether (sulfide) groups is 1. The number of halogens is 1. The topological polar surface area (TPSA) is 68.4 Å². The first-order valence-corrected chi connectivity index (χ1v) is 15.9. The van der Waals surface area contributed by atoms with E-state index >= 15 is 0 Å². The molecule has 6 nitrogen and oxygen atoms in total. The van der Waals surface area contributed by atoms with Gasteiger partial charge in [0.15, 0.2) is 0 Å². The summed E-state index contributed by atoms with van der Waals surface area (Å²) in [5, 5.41) is 2.93. The fraction of sp³-hybridized carbons (Fsp3) is 0.412. The Hall–Kier alpha value is -3.36. The van der Waals surface area contributed by atoms with Crippen LogP contribution in [0.15, 0.2) is 47.4 Å². The predicted octanol–water partition coefficient (Wildman–Crippen LogP) is 7.20. The number of hydrogen-bond donors (Lipinski definition) is 2. The Balaban J connectivity index is 0.000000244. The van der Waals surface area contributed by atoms with Gasteiger partial charge in [-0.2, -0.15) is 0 Å². The Kier molecular flexibility index (Phi) is 11.0. The summed E-state index contributed by atoms with van der Waals surface area (Å²) < 4.78 is 13.9. The number of benzene rings is 2. The summed E-state index contributed by atoms with van der Waals surface area (Å²) in [5.41, 5.74) is 7.43. The molecular weight excluding hydrogens is 547 g/mol. The van der Waals surface area contributed by atoms with Crippen molar-refractivity contribution in [2.45, 2.75) is 70.6 Å². The van der Waals surface area contributed by atoms with E-state index in [0.29, 0.717) is 22.9 Å². The Morgan fingerprint density at radius 2 is 1.90 bits per heavy atom. The number of aryl methyl sites for hydroxylation is 1. The molecule has 2 aliphatic heterocycles. The third-order valence-electron chi connectivity index (χ3n) is 8.28. The molecule has 0 saturated carbocycles. The third-order valence-corrected chi connectivity index (χ3v) is 9.32. The van der Waals surface area contributed by atoms with E-state index in [2.05, 4.69) is 42.9 Å². The molecule has 0 aliphatic carbocycles. The van der Waals surface area contributed by atoms with Crippen LogP contribution in [0.5, 0.6) is 0 Å². The lowest BCUT2D eigenvalue weighted by atomic mass is 10.0. The fourth-order valence-electron chi connectivity index (χ4n) is 5.52. The average Bonchev–Trinajstić information content (AvgIpc) is 3.64. The average molecular weight is 591 g/mol. The monoisotopic (exact) mass is 590 g/mol. The van der Waals surface area contributed by atoms with Gasteiger partial charge in [-0.1, -0.05) is 32.0 Å². The Morgan fingerprint density at radius 3 is 2.57 bits per heavy atom. The second-order valence-electron chi connectivity index (χ2n) is 11.0. The minimum Gasteiger partial charge on any atom is -0.359 e. The highest BCUT2D eigenvalue weighted by atomic mass is 32.2. The lowest BCUT2D eigenvalue weighted by molar-refractivity contribution is -0.119. The minimum absolute atomic E-state index is 0.101. The molecule has 2 N–H and O–H groups in total. The number of amides is 2. The van der Waals surface area contributed by atoms with E-state index in [1.165, 1.54) is 30.9 Å². The number of likely N-dealkylation sites (tertiary alicyclic amines) is 1. The molecule has 5 rings (SSSR count). The van der Waals surface area contributed by atoms with Gasteiger partial charge in [-0.3, -0.25) is 9.59 Å². The molecule has 1 unspecified atom stereocenters. The van der Waals surface area contributed by atoms with Gasteiger partial charge < -0.3 is 20.1 Å². The van der Waals surface area contributed by atoms with Gasteiger partial charge in [-0.25, -0.2) is 4.39 Å². The first kappa shape index (κ1) is 31.6.